The second-order valence-electron chi connectivity index (χ2n) is 8.39. The molecule has 0 amide bonds. The van der Waals surface area contributed by atoms with Crippen molar-refractivity contribution in [2.45, 2.75) is 56.7 Å². The van der Waals surface area contributed by atoms with Gasteiger partial charge in [0.05, 0.1) is 5.39 Å². The maximum Gasteiger partial charge on any atom is 0.165 e. The van der Waals surface area contributed by atoms with Crippen molar-refractivity contribution < 1.29 is 19.3 Å². The zero-order chi connectivity index (χ0) is 21.3. The van der Waals surface area contributed by atoms with Crippen molar-refractivity contribution >= 4 is 28.5 Å². The van der Waals surface area contributed by atoms with Crippen molar-refractivity contribution in [3.05, 3.63) is 53.4 Å². The molecule has 0 radical (unpaired) electrons. The molecule has 2 aliphatic heterocycles. The van der Waals surface area contributed by atoms with Crippen LogP contribution in [0, 0.1) is 0 Å². The number of aliphatic hydroxyl groups excluding tert-OH is 1. The molecule has 2 saturated heterocycles. The van der Waals surface area contributed by atoms with Gasteiger partial charge >= 0.3 is 0 Å². The first-order chi connectivity index (χ1) is 14.2. The molecule has 0 unspecified atom stereocenters. The van der Waals surface area contributed by atoms with Crippen molar-refractivity contribution in [1.29, 1.82) is 0 Å². The molecule has 30 heavy (non-hydrogen) atoms. The van der Waals surface area contributed by atoms with E-state index in [2.05, 4.69) is 9.97 Å². The molecule has 0 saturated carbocycles. The van der Waals surface area contributed by atoms with Crippen molar-refractivity contribution in [2.24, 2.45) is 0 Å². The van der Waals surface area contributed by atoms with Crippen LogP contribution in [0.3, 0.4) is 0 Å². The molecule has 5 rings (SSSR count). The van der Waals surface area contributed by atoms with E-state index >= 15 is 0 Å². The van der Waals surface area contributed by atoms with Gasteiger partial charge in [-0.3, -0.25) is 0 Å². The average Bonchev–Trinajstić information content (AvgIpc) is 3.29. The first kappa shape index (κ1) is 19.7. The third-order valence-corrected chi connectivity index (χ3v) is 6.12. The van der Waals surface area contributed by atoms with Crippen molar-refractivity contribution in [3.63, 3.8) is 0 Å². The minimum Gasteiger partial charge on any atom is -0.386 e. The average molecular weight is 431 g/mol. The van der Waals surface area contributed by atoms with Crippen LogP contribution in [0.5, 0.6) is 0 Å². The number of aliphatic hydroxyl groups is 1. The summed E-state index contributed by atoms with van der Waals surface area (Å²) in [6.45, 7) is 5.62. The van der Waals surface area contributed by atoms with E-state index in [-0.39, 0.29) is 0 Å². The molecule has 158 valence electrons. The number of hydrogen-bond donors (Lipinski definition) is 2. The lowest BCUT2D eigenvalue weighted by Gasteiger charge is -2.32. The fourth-order valence-electron chi connectivity index (χ4n) is 4.58. The van der Waals surface area contributed by atoms with Crippen LogP contribution in [0.15, 0.2) is 42.9 Å². The number of nitrogens with two attached hydrogens (primary N) is 1. The Kier molecular flexibility index (Phi) is 4.36. The van der Waals surface area contributed by atoms with Gasteiger partial charge < -0.3 is 29.6 Å². The highest BCUT2D eigenvalue weighted by molar-refractivity contribution is 6.30. The first-order valence-electron chi connectivity index (χ1n) is 9.74. The second kappa shape index (κ2) is 6.63. The Labute approximate surface area is 178 Å². The summed E-state index contributed by atoms with van der Waals surface area (Å²) >= 11 is 6.01. The third kappa shape index (κ3) is 2.91. The van der Waals surface area contributed by atoms with Gasteiger partial charge in [0.2, 0.25) is 0 Å². The number of rotatable bonds is 3. The van der Waals surface area contributed by atoms with Gasteiger partial charge in [-0.15, -0.1) is 0 Å². The summed E-state index contributed by atoms with van der Waals surface area (Å²) in [5.74, 6) is -0.447. The molecule has 2 fully saturated rings. The summed E-state index contributed by atoms with van der Waals surface area (Å²) < 4.78 is 20.8. The van der Waals surface area contributed by atoms with Crippen molar-refractivity contribution in [1.82, 2.24) is 14.5 Å². The summed E-state index contributed by atoms with van der Waals surface area (Å²) in [5, 5.41) is 12.5. The van der Waals surface area contributed by atoms with Gasteiger partial charge in [-0.05, 0) is 44.5 Å². The number of anilines is 1. The predicted octanol–water partition coefficient (Wildman–Crippen LogP) is 3.21. The minimum atomic E-state index is -0.946. The lowest BCUT2D eigenvalue weighted by molar-refractivity contribution is -0.223. The fraction of sp³-hybridized carbons (Fsp3) is 0.429. The standard InChI is InChI=1S/C21H23ClN4O4/c1-20(2)29-16-19(26-9-8-13-17(23)24-10-25-18(13)26)28-15(21(16,3)30-20)14(27)11-4-6-12(22)7-5-11/h4-10,14-16,19,27H,1-3H3,(H2,23,24,25)/t14-,15-,16+,19-,21-/m1/s1. The summed E-state index contributed by atoms with van der Waals surface area (Å²) in [4.78, 5) is 8.42. The Bertz CT molecular complexity index is 1100. The molecule has 9 heteroatoms. The lowest BCUT2D eigenvalue weighted by atomic mass is 9.88. The monoisotopic (exact) mass is 430 g/mol. The molecule has 0 bridgehead atoms. The van der Waals surface area contributed by atoms with Crippen LogP contribution >= 0.6 is 11.6 Å². The maximum atomic E-state index is 11.2. The van der Waals surface area contributed by atoms with E-state index in [4.69, 9.17) is 31.5 Å². The molecule has 2 aromatic heterocycles. The van der Waals surface area contributed by atoms with Gasteiger partial charge in [-0.2, -0.15) is 0 Å². The Balaban J connectivity index is 1.58. The maximum absolute atomic E-state index is 11.2. The third-order valence-electron chi connectivity index (χ3n) is 5.86. The van der Waals surface area contributed by atoms with Gasteiger partial charge in [0.1, 0.15) is 41.7 Å². The quantitative estimate of drug-likeness (QED) is 0.657. The Morgan fingerprint density at radius 1 is 1.17 bits per heavy atom. The molecule has 1 aromatic carbocycles. The zero-order valence-electron chi connectivity index (χ0n) is 16.8. The topological polar surface area (TPSA) is 105 Å². The van der Waals surface area contributed by atoms with Crippen molar-refractivity contribution in [3.8, 4) is 0 Å². The molecule has 8 nitrogen and oxygen atoms in total. The summed E-state index contributed by atoms with van der Waals surface area (Å²) in [6.07, 6.45) is 0.567. The molecule has 2 aliphatic rings. The van der Waals surface area contributed by atoms with Crippen LogP contribution in [0.1, 0.15) is 38.7 Å². The number of ether oxygens (including phenoxy) is 3. The van der Waals surface area contributed by atoms with Crippen LogP contribution in [-0.4, -0.2) is 43.2 Å². The van der Waals surface area contributed by atoms with E-state index in [0.29, 0.717) is 22.1 Å². The highest BCUT2D eigenvalue weighted by Gasteiger charge is 2.65. The SMILES string of the molecule is CC1(C)O[C@H]2[C@H](n3ccc4c(N)ncnc43)O[C@H]([C@H](O)c3ccc(Cl)cc3)[C@@]2(C)O1. The number of benzene rings is 1. The van der Waals surface area contributed by atoms with Crippen LogP contribution in [0.2, 0.25) is 5.02 Å². The molecule has 4 heterocycles. The Hall–Kier alpha value is -2.23. The van der Waals surface area contributed by atoms with E-state index < -0.39 is 35.9 Å². The van der Waals surface area contributed by atoms with E-state index in [1.807, 2.05) is 37.6 Å². The Morgan fingerprint density at radius 3 is 2.63 bits per heavy atom. The summed E-state index contributed by atoms with van der Waals surface area (Å²) in [7, 11) is 0. The normalized spacial score (nSPS) is 31.2. The predicted molar refractivity (Wildman–Crippen MR) is 111 cm³/mol. The van der Waals surface area contributed by atoms with Gasteiger partial charge in [-0.1, -0.05) is 23.7 Å². The highest BCUT2D eigenvalue weighted by Crippen LogP contribution is 2.53. The number of fused-ring (bicyclic) bond motifs is 2. The Morgan fingerprint density at radius 2 is 1.90 bits per heavy atom. The molecular weight excluding hydrogens is 408 g/mol. The van der Waals surface area contributed by atoms with Gasteiger partial charge in [0, 0.05) is 11.2 Å². The summed E-state index contributed by atoms with van der Waals surface area (Å²) in [6, 6.07) is 8.88. The molecule has 5 atom stereocenters. The number of halogens is 1. The van der Waals surface area contributed by atoms with Crippen LogP contribution in [0.4, 0.5) is 5.82 Å². The van der Waals surface area contributed by atoms with Crippen molar-refractivity contribution in [2.75, 3.05) is 5.73 Å². The van der Waals surface area contributed by atoms with E-state index in [0.717, 1.165) is 5.39 Å². The van der Waals surface area contributed by atoms with Crippen LogP contribution < -0.4 is 5.73 Å². The number of nitrogen functional groups attached to an aromatic ring is 1. The van der Waals surface area contributed by atoms with E-state index in [1.165, 1.54) is 6.33 Å². The summed E-state index contributed by atoms with van der Waals surface area (Å²) in [5.41, 5.74) is 6.41. The minimum absolute atomic E-state index is 0.390. The van der Waals surface area contributed by atoms with Crippen LogP contribution in [-0.2, 0) is 14.2 Å². The molecule has 3 N–H and O–H groups in total. The van der Waals surface area contributed by atoms with E-state index in [9.17, 15) is 5.11 Å². The smallest absolute Gasteiger partial charge is 0.165 e. The second-order valence-corrected chi connectivity index (χ2v) is 8.82. The number of nitrogens with zero attached hydrogens (tertiary/aromatic N) is 3. The molecular formula is C21H23ClN4O4. The van der Waals surface area contributed by atoms with Gasteiger partial charge in [0.15, 0.2) is 12.0 Å². The molecule has 0 aliphatic carbocycles. The zero-order valence-corrected chi connectivity index (χ0v) is 17.6. The fourth-order valence-corrected chi connectivity index (χ4v) is 4.71. The number of aromatic nitrogens is 3. The highest BCUT2D eigenvalue weighted by atomic mass is 35.5. The number of hydrogen-bond acceptors (Lipinski definition) is 7. The molecule has 3 aromatic rings. The van der Waals surface area contributed by atoms with Crippen LogP contribution in [0.25, 0.3) is 11.0 Å². The van der Waals surface area contributed by atoms with E-state index in [1.54, 1.807) is 24.3 Å². The first-order valence-corrected chi connectivity index (χ1v) is 10.1. The van der Waals surface area contributed by atoms with Gasteiger partial charge in [-0.25, -0.2) is 9.97 Å². The lowest BCUT2D eigenvalue weighted by Crippen LogP contribution is -2.46. The largest absolute Gasteiger partial charge is 0.386 e. The van der Waals surface area contributed by atoms with Gasteiger partial charge in [0.25, 0.3) is 0 Å². The molecule has 0 spiro atoms.